The minimum absolute atomic E-state index is 2.23. The van der Waals surface area contributed by atoms with Gasteiger partial charge in [-0.1, -0.05) is 0 Å². The van der Waals surface area contributed by atoms with E-state index in [4.69, 9.17) is 0 Å². The van der Waals surface area contributed by atoms with Crippen molar-refractivity contribution in [3.05, 3.63) is 0 Å². The van der Waals surface area contributed by atoms with E-state index in [0.717, 1.165) is 0 Å². The monoisotopic (exact) mass is 607 g/mol. The molecule has 3 nitrogen and oxygen atoms in total. The summed E-state index contributed by atoms with van der Waals surface area (Å²) < 4.78 is 277. The van der Waals surface area contributed by atoms with Gasteiger partial charge < -0.3 is 14.6 Å². The maximum absolute atomic E-state index is 13.5. The topological polar surface area (TPSA) is 49.4 Å². The van der Waals surface area contributed by atoms with Crippen molar-refractivity contribution in [2.24, 2.45) is 0 Å². The largest absolute Gasteiger partial charge is 0.548 e. The fourth-order valence-electron chi connectivity index (χ4n) is 1.94. The van der Waals surface area contributed by atoms with Crippen LogP contribution in [0.2, 0.25) is 0 Å². The summed E-state index contributed by atoms with van der Waals surface area (Å²) in [6, 6.07) is 0. The first-order valence-corrected chi connectivity index (χ1v) is 7.91. The van der Waals surface area contributed by atoms with Crippen LogP contribution in [0.3, 0.4) is 0 Å². The Hall–Kier alpha value is -2.04. The average Bonchev–Trinajstić information content (AvgIpc) is 2.65. The zero-order valence-electron chi connectivity index (χ0n) is 16.1. The fourth-order valence-corrected chi connectivity index (χ4v) is 1.94. The summed E-state index contributed by atoms with van der Waals surface area (Å²) in [4.78, 5) is 9.87. The molecule has 0 amide bonds. The van der Waals surface area contributed by atoms with Crippen LogP contribution in [0.25, 0.3) is 0 Å². The van der Waals surface area contributed by atoms with Crippen molar-refractivity contribution in [2.75, 3.05) is 13.2 Å². The van der Waals surface area contributed by atoms with Crippen LogP contribution in [0.4, 0.5) is 92.2 Å². The number of hydrogen-bond acceptors (Lipinski definition) is 3. The molecule has 0 aliphatic carbocycles. The van der Waals surface area contributed by atoms with Gasteiger partial charge in [0, 0.05) is 0 Å². The first kappa shape index (κ1) is 35.0. The van der Waals surface area contributed by atoms with Gasteiger partial charge in [0.05, 0.1) is 12.6 Å². The number of carbonyl (C=O) groups is 1. The lowest BCUT2D eigenvalue weighted by molar-refractivity contribution is -0.474. The normalized spacial score (nSPS) is 16.2. The Labute approximate surface area is 187 Å². The Balaban J connectivity index is 6.87. The molecule has 0 aliphatic heterocycles. The van der Waals surface area contributed by atoms with Gasteiger partial charge in [-0.2, -0.15) is 92.2 Å². The van der Waals surface area contributed by atoms with Crippen molar-refractivity contribution in [3.8, 4) is 0 Å². The molecular formula is C13H4F21O3-. The molecular weight excluding hydrogens is 603 g/mol. The lowest BCUT2D eigenvalue weighted by Gasteiger charge is -2.44. The number of ether oxygens (including phenoxy) is 1. The third-order valence-corrected chi connectivity index (χ3v) is 4.08. The zero-order valence-corrected chi connectivity index (χ0v) is 16.1. The van der Waals surface area contributed by atoms with Crippen LogP contribution >= 0.6 is 0 Å². The van der Waals surface area contributed by atoms with Gasteiger partial charge in [0.15, 0.2) is 0 Å². The van der Waals surface area contributed by atoms with E-state index in [0.29, 0.717) is 0 Å². The molecule has 0 saturated carbocycles. The lowest BCUT2D eigenvalue weighted by atomic mass is 9.86. The first-order chi connectivity index (χ1) is 15.7. The molecule has 0 atom stereocenters. The standard InChI is InChI=1S/C13H5F21O3/c14-4(15,2-37-1-3(35)36)5(16,17)6(18,19)7(20,21)8(22,23)9(24,25)10(26,27)11(28,29)12(30,31)13(32,33)34/h1-2H2,(H,35,36)/p-1. The highest BCUT2D eigenvalue weighted by Crippen LogP contribution is 2.66. The second-order valence-electron chi connectivity index (χ2n) is 6.66. The van der Waals surface area contributed by atoms with Crippen LogP contribution in [-0.4, -0.2) is 78.7 Å². The fraction of sp³-hybridized carbons (Fsp3) is 0.923. The van der Waals surface area contributed by atoms with Gasteiger partial charge in [-0.25, -0.2) is 0 Å². The third kappa shape index (κ3) is 4.69. The van der Waals surface area contributed by atoms with Gasteiger partial charge in [0.1, 0.15) is 6.61 Å². The summed E-state index contributed by atoms with van der Waals surface area (Å²) >= 11 is 0. The van der Waals surface area contributed by atoms with Gasteiger partial charge in [0.2, 0.25) is 0 Å². The van der Waals surface area contributed by atoms with Crippen LogP contribution in [0.15, 0.2) is 0 Å². The molecule has 0 saturated heterocycles. The molecule has 0 aromatic heterocycles. The van der Waals surface area contributed by atoms with Crippen molar-refractivity contribution < 1.29 is 107 Å². The Bertz CT molecular complexity index is 841. The third-order valence-electron chi connectivity index (χ3n) is 4.08. The molecule has 0 bridgehead atoms. The molecule has 0 aromatic carbocycles. The molecule has 0 unspecified atom stereocenters. The predicted octanol–water partition coefficient (Wildman–Crippen LogP) is 5.03. The van der Waals surface area contributed by atoms with Gasteiger partial charge in [-0.3, -0.25) is 0 Å². The highest BCUT2D eigenvalue weighted by Gasteiger charge is 2.97. The molecule has 0 radical (unpaired) electrons. The van der Waals surface area contributed by atoms with Crippen molar-refractivity contribution >= 4 is 5.97 Å². The number of carboxylic acid groups (broad SMARTS) is 1. The van der Waals surface area contributed by atoms with Crippen LogP contribution < -0.4 is 5.11 Å². The van der Waals surface area contributed by atoms with E-state index >= 15 is 0 Å². The SMILES string of the molecule is O=C([O-])COCC(F)(F)C(F)(F)C(F)(F)C(F)(F)C(F)(F)C(F)(F)C(F)(F)C(F)(F)C(F)(F)C(F)(F)F. The van der Waals surface area contributed by atoms with Crippen molar-refractivity contribution in [3.63, 3.8) is 0 Å². The number of rotatable bonds is 12. The molecule has 0 rings (SSSR count). The molecule has 0 heterocycles. The number of aliphatic carboxylic acids is 1. The predicted molar refractivity (Wildman–Crippen MR) is 66.4 cm³/mol. The number of hydrogen-bond donors (Lipinski definition) is 0. The average molecular weight is 607 g/mol. The van der Waals surface area contributed by atoms with E-state index in [2.05, 4.69) is 4.74 Å². The number of carbonyl (C=O) groups excluding carboxylic acids is 1. The van der Waals surface area contributed by atoms with Gasteiger partial charge in [0.25, 0.3) is 0 Å². The minimum Gasteiger partial charge on any atom is -0.548 e. The first-order valence-electron chi connectivity index (χ1n) is 7.91. The number of alkyl halides is 21. The molecule has 37 heavy (non-hydrogen) atoms. The van der Waals surface area contributed by atoms with E-state index in [1.165, 1.54) is 0 Å². The van der Waals surface area contributed by atoms with Crippen LogP contribution in [0.1, 0.15) is 0 Å². The zero-order chi connectivity index (χ0) is 30.7. The summed E-state index contributed by atoms with van der Waals surface area (Å²) in [7, 11) is 0. The molecule has 0 fully saturated rings. The Morgan fingerprint density at radius 1 is 0.459 bits per heavy atom. The Morgan fingerprint density at radius 2 is 0.703 bits per heavy atom. The summed E-state index contributed by atoms with van der Waals surface area (Å²) in [5, 5.41) is 9.87. The van der Waals surface area contributed by atoms with Crippen molar-refractivity contribution in [1.82, 2.24) is 0 Å². The van der Waals surface area contributed by atoms with Crippen molar-refractivity contribution in [1.29, 1.82) is 0 Å². The molecule has 0 aliphatic rings. The Morgan fingerprint density at radius 3 is 0.946 bits per heavy atom. The molecule has 222 valence electrons. The maximum atomic E-state index is 13.5. The lowest BCUT2D eigenvalue weighted by Crippen LogP contribution is -2.77. The van der Waals surface area contributed by atoms with E-state index in [1.807, 2.05) is 0 Å². The number of carboxylic acids is 1. The summed E-state index contributed by atoms with van der Waals surface area (Å²) in [5.74, 6) is -80.6. The van der Waals surface area contributed by atoms with Crippen LogP contribution in [0, 0.1) is 0 Å². The second-order valence-corrected chi connectivity index (χ2v) is 6.66. The maximum Gasteiger partial charge on any atom is 0.460 e. The van der Waals surface area contributed by atoms with E-state index in [9.17, 15) is 102 Å². The van der Waals surface area contributed by atoms with E-state index in [1.54, 1.807) is 0 Å². The van der Waals surface area contributed by atoms with E-state index in [-0.39, 0.29) is 0 Å². The van der Waals surface area contributed by atoms with Crippen LogP contribution in [0.5, 0.6) is 0 Å². The van der Waals surface area contributed by atoms with Crippen LogP contribution in [-0.2, 0) is 9.53 Å². The molecule has 0 spiro atoms. The highest BCUT2D eigenvalue weighted by atomic mass is 19.4. The molecule has 24 heteroatoms. The highest BCUT2D eigenvalue weighted by molar-refractivity contribution is 5.65. The second kappa shape index (κ2) is 9.02. The number of halogens is 21. The van der Waals surface area contributed by atoms with Gasteiger partial charge >= 0.3 is 59.5 Å². The summed E-state index contributed by atoms with van der Waals surface area (Å²) in [5.41, 5.74) is 0. The molecule has 0 aromatic rings. The van der Waals surface area contributed by atoms with Crippen molar-refractivity contribution in [2.45, 2.75) is 59.5 Å². The summed E-state index contributed by atoms with van der Waals surface area (Å²) in [6.45, 7) is -5.68. The minimum atomic E-state index is -9.25. The van der Waals surface area contributed by atoms with Gasteiger partial charge in [-0.15, -0.1) is 0 Å². The smallest absolute Gasteiger partial charge is 0.460 e. The Kier molecular flexibility index (Phi) is 8.52. The summed E-state index contributed by atoms with van der Waals surface area (Å²) in [6.07, 6.45) is -8.04. The van der Waals surface area contributed by atoms with E-state index < -0.39 is 78.7 Å². The molecule has 0 N–H and O–H groups in total. The quantitative estimate of drug-likeness (QED) is 0.293. The van der Waals surface area contributed by atoms with Gasteiger partial charge in [-0.05, 0) is 0 Å².